The number of hydrogen-bond donors (Lipinski definition) is 0. The van der Waals surface area contributed by atoms with E-state index in [2.05, 4.69) is 13.8 Å². The van der Waals surface area contributed by atoms with Crippen LogP contribution in [0, 0.1) is 5.92 Å². The molecule has 0 spiro atoms. The van der Waals surface area contributed by atoms with Gasteiger partial charge >= 0.3 is 11.9 Å². The lowest BCUT2D eigenvalue weighted by Crippen LogP contribution is -2.30. The van der Waals surface area contributed by atoms with E-state index in [-0.39, 0.29) is 6.10 Å². The quantitative estimate of drug-likeness (QED) is 0.254. The Bertz CT molecular complexity index is 640. The van der Waals surface area contributed by atoms with Gasteiger partial charge in [0, 0.05) is 0 Å². The van der Waals surface area contributed by atoms with Gasteiger partial charge in [-0.15, -0.1) is 0 Å². The smallest absolute Gasteiger partial charge is 0.339 e. The van der Waals surface area contributed by atoms with Crippen molar-refractivity contribution in [3.8, 4) is 0 Å². The van der Waals surface area contributed by atoms with Gasteiger partial charge < -0.3 is 9.47 Å². The molecule has 4 nitrogen and oxygen atoms in total. The molecule has 2 atom stereocenters. The SMILES string of the molecule is CCCCCCCCCCOC(=O)c1ccccc1C(=O)OC1CCCCC1CC. The van der Waals surface area contributed by atoms with Crippen molar-refractivity contribution < 1.29 is 19.1 Å². The highest BCUT2D eigenvalue weighted by Gasteiger charge is 2.28. The maximum absolute atomic E-state index is 12.8. The molecule has 0 saturated heterocycles. The van der Waals surface area contributed by atoms with Crippen LogP contribution in [-0.4, -0.2) is 24.6 Å². The van der Waals surface area contributed by atoms with Crippen LogP contribution >= 0.6 is 0 Å². The Morgan fingerprint density at radius 3 is 2.10 bits per heavy atom. The summed E-state index contributed by atoms with van der Waals surface area (Å²) in [6.45, 7) is 4.77. The maximum atomic E-state index is 12.8. The second-order valence-corrected chi connectivity index (χ2v) is 8.55. The first kappa shape index (κ1) is 24.4. The van der Waals surface area contributed by atoms with Crippen LogP contribution in [0.15, 0.2) is 24.3 Å². The first-order chi connectivity index (χ1) is 14.7. The van der Waals surface area contributed by atoms with E-state index in [1.807, 2.05) is 0 Å². The number of ether oxygens (including phenoxy) is 2. The van der Waals surface area contributed by atoms with Crippen molar-refractivity contribution in [1.29, 1.82) is 0 Å². The molecule has 168 valence electrons. The van der Waals surface area contributed by atoms with Crippen LogP contribution in [0.5, 0.6) is 0 Å². The molecule has 30 heavy (non-hydrogen) atoms. The largest absolute Gasteiger partial charge is 0.462 e. The second-order valence-electron chi connectivity index (χ2n) is 8.55. The lowest BCUT2D eigenvalue weighted by atomic mass is 9.85. The third-order valence-corrected chi connectivity index (χ3v) is 6.22. The van der Waals surface area contributed by atoms with Gasteiger partial charge in [0.15, 0.2) is 0 Å². The molecule has 0 amide bonds. The summed E-state index contributed by atoms with van der Waals surface area (Å²) in [5.74, 6) is -0.412. The fraction of sp³-hybridized carbons (Fsp3) is 0.692. The molecule has 2 rings (SSSR count). The number of esters is 2. The van der Waals surface area contributed by atoms with E-state index in [1.54, 1.807) is 24.3 Å². The molecule has 1 fully saturated rings. The highest BCUT2D eigenvalue weighted by molar-refractivity contribution is 6.03. The van der Waals surface area contributed by atoms with Gasteiger partial charge in [-0.25, -0.2) is 9.59 Å². The zero-order valence-corrected chi connectivity index (χ0v) is 19.0. The summed E-state index contributed by atoms with van der Waals surface area (Å²) < 4.78 is 11.3. The third-order valence-electron chi connectivity index (χ3n) is 6.22. The molecule has 1 aromatic carbocycles. The zero-order chi connectivity index (χ0) is 21.6. The van der Waals surface area contributed by atoms with Gasteiger partial charge in [-0.1, -0.05) is 77.3 Å². The molecule has 0 N–H and O–H groups in total. The maximum Gasteiger partial charge on any atom is 0.339 e. The molecule has 0 heterocycles. The first-order valence-corrected chi connectivity index (χ1v) is 12.1. The Hall–Kier alpha value is -1.84. The predicted molar refractivity (Wildman–Crippen MR) is 121 cm³/mol. The molecule has 0 radical (unpaired) electrons. The Morgan fingerprint density at radius 2 is 1.43 bits per heavy atom. The number of benzene rings is 1. The Labute approximate surface area is 182 Å². The van der Waals surface area contributed by atoms with E-state index in [0.717, 1.165) is 38.5 Å². The van der Waals surface area contributed by atoms with E-state index < -0.39 is 11.9 Å². The molecule has 4 heteroatoms. The Morgan fingerprint density at radius 1 is 0.833 bits per heavy atom. The predicted octanol–water partition coefficient (Wildman–Crippen LogP) is 7.11. The standard InChI is InChI=1S/C26H40O4/c1-3-5-6-7-8-9-10-15-20-29-25(27)22-17-12-13-18-23(22)26(28)30-24-19-14-11-16-21(24)4-2/h12-13,17-18,21,24H,3-11,14-16,19-20H2,1-2H3. The van der Waals surface area contributed by atoms with Crippen molar-refractivity contribution in [3.05, 3.63) is 35.4 Å². The monoisotopic (exact) mass is 416 g/mol. The molecule has 2 unspecified atom stereocenters. The normalized spacial score (nSPS) is 18.7. The van der Waals surface area contributed by atoms with Gasteiger partial charge in [0.2, 0.25) is 0 Å². The molecule has 1 aliphatic carbocycles. The minimum atomic E-state index is -0.429. The van der Waals surface area contributed by atoms with Crippen LogP contribution in [0.1, 0.15) is 118 Å². The minimum absolute atomic E-state index is 0.0438. The number of carbonyl (C=O) groups excluding carboxylic acids is 2. The summed E-state index contributed by atoms with van der Waals surface area (Å²) in [7, 11) is 0. The van der Waals surface area contributed by atoms with Crippen LogP contribution in [0.4, 0.5) is 0 Å². The number of unbranched alkanes of at least 4 members (excludes halogenated alkanes) is 7. The lowest BCUT2D eigenvalue weighted by molar-refractivity contribution is 0.000312. The van der Waals surface area contributed by atoms with Gasteiger partial charge in [0.25, 0.3) is 0 Å². The molecule has 0 aromatic heterocycles. The van der Waals surface area contributed by atoms with Gasteiger partial charge in [0.05, 0.1) is 17.7 Å². The summed E-state index contributed by atoms with van der Waals surface area (Å²) in [4.78, 5) is 25.4. The van der Waals surface area contributed by atoms with Crippen LogP contribution in [0.2, 0.25) is 0 Å². The Balaban J connectivity index is 1.79. The van der Waals surface area contributed by atoms with Crippen LogP contribution < -0.4 is 0 Å². The van der Waals surface area contributed by atoms with Crippen LogP contribution in [0.3, 0.4) is 0 Å². The Kier molecular flexibility index (Phi) is 11.6. The van der Waals surface area contributed by atoms with Crippen molar-refractivity contribution in [3.63, 3.8) is 0 Å². The molecule has 1 aromatic rings. The van der Waals surface area contributed by atoms with E-state index in [0.29, 0.717) is 23.7 Å². The van der Waals surface area contributed by atoms with E-state index in [4.69, 9.17) is 9.47 Å². The molecular formula is C26H40O4. The molecule has 0 aliphatic heterocycles. The van der Waals surface area contributed by atoms with Crippen molar-refractivity contribution in [1.82, 2.24) is 0 Å². The van der Waals surface area contributed by atoms with Crippen molar-refractivity contribution in [2.45, 2.75) is 103 Å². The fourth-order valence-corrected chi connectivity index (χ4v) is 4.31. The average molecular weight is 417 g/mol. The molecule has 1 aliphatic rings. The average Bonchev–Trinajstić information content (AvgIpc) is 2.78. The highest BCUT2D eigenvalue weighted by Crippen LogP contribution is 2.30. The number of hydrogen-bond acceptors (Lipinski definition) is 4. The molecule has 0 bridgehead atoms. The fourth-order valence-electron chi connectivity index (χ4n) is 4.31. The van der Waals surface area contributed by atoms with Gasteiger partial charge in [0.1, 0.15) is 6.10 Å². The van der Waals surface area contributed by atoms with Crippen molar-refractivity contribution >= 4 is 11.9 Å². The number of carbonyl (C=O) groups is 2. The van der Waals surface area contributed by atoms with E-state index in [1.165, 1.54) is 44.9 Å². The topological polar surface area (TPSA) is 52.6 Å². The second kappa shape index (κ2) is 14.2. The summed E-state index contributed by atoms with van der Waals surface area (Å²) in [6.07, 6.45) is 14.9. The highest BCUT2D eigenvalue weighted by atomic mass is 16.5. The van der Waals surface area contributed by atoms with Gasteiger partial charge in [-0.3, -0.25) is 0 Å². The molecular weight excluding hydrogens is 376 g/mol. The summed E-state index contributed by atoms with van der Waals surface area (Å²) >= 11 is 0. The summed E-state index contributed by atoms with van der Waals surface area (Å²) in [6, 6.07) is 6.85. The van der Waals surface area contributed by atoms with E-state index in [9.17, 15) is 9.59 Å². The minimum Gasteiger partial charge on any atom is -0.462 e. The number of rotatable bonds is 13. The zero-order valence-electron chi connectivity index (χ0n) is 19.0. The van der Waals surface area contributed by atoms with Crippen LogP contribution in [0.25, 0.3) is 0 Å². The van der Waals surface area contributed by atoms with Gasteiger partial charge in [-0.05, 0) is 50.2 Å². The van der Waals surface area contributed by atoms with Crippen molar-refractivity contribution in [2.24, 2.45) is 5.92 Å². The lowest BCUT2D eigenvalue weighted by Gasteiger charge is -2.30. The van der Waals surface area contributed by atoms with Crippen molar-refractivity contribution in [2.75, 3.05) is 6.61 Å². The first-order valence-electron chi connectivity index (χ1n) is 12.1. The summed E-state index contributed by atoms with van der Waals surface area (Å²) in [5, 5.41) is 0. The van der Waals surface area contributed by atoms with E-state index >= 15 is 0 Å². The van der Waals surface area contributed by atoms with Crippen LogP contribution in [-0.2, 0) is 9.47 Å². The molecule has 1 saturated carbocycles. The van der Waals surface area contributed by atoms with Gasteiger partial charge in [-0.2, -0.15) is 0 Å². The third kappa shape index (κ3) is 8.12. The summed E-state index contributed by atoms with van der Waals surface area (Å²) in [5.41, 5.74) is 0.629.